The van der Waals surface area contributed by atoms with Crippen LogP contribution in [0.1, 0.15) is 28.4 Å². The molecule has 7 rings (SSSR count). The van der Waals surface area contributed by atoms with Crippen LogP contribution >= 0.6 is 11.6 Å². The zero-order valence-electron chi connectivity index (χ0n) is 21.8. The molecule has 2 aliphatic heterocycles. The first kappa shape index (κ1) is 24.3. The number of halogens is 2. The van der Waals surface area contributed by atoms with Gasteiger partial charge in [-0.15, -0.1) is 0 Å². The minimum absolute atomic E-state index is 0.300. The number of fused-ring (bicyclic) bond motifs is 4. The molecule has 0 saturated carbocycles. The van der Waals surface area contributed by atoms with Gasteiger partial charge in [-0.1, -0.05) is 66.2 Å². The zero-order valence-corrected chi connectivity index (χ0v) is 22.6. The van der Waals surface area contributed by atoms with Crippen molar-refractivity contribution < 1.29 is 4.39 Å². The molecule has 0 radical (unpaired) electrons. The van der Waals surface area contributed by atoms with Crippen LogP contribution in [0.5, 0.6) is 0 Å². The summed E-state index contributed by atoms with van der Waals surface area (Å²) in [6, 6.07) is 29.8. The standard InChI is InChI=1S/C32H24ClFN6/c1-19-16-17-21(18-24(19)33)35-30-32-37-31-28(20(2)38-40(31)22-10-4-3-5-11-22)29(23-12-6-7-13-25(23)34)39(32)27-15-9-8-14-26(27)36-30/h3-18,29H,1-2H3,(H,35,36)/t29-/m0/s1. The number of amidine groups is 2. The highest BCUT2D eigenvalue weighted by Crippen LogP contribution is 2.48. The predicted octanol–water partition coefficient (Wildman–Crippen LogP) is 8.08. The molecule has 0 saturated heterocycles. The molecule has 8 heteroatoms. The third-order valence-corrected chi connectivity index (χ3v) is 7.68. The molecule has 196 valence electrons. The lowest BCUT2D eigenvalue weighted by atomic mass is 9.93. The number of nitrogens with zero attached hydrogens (tertiary/aromatic N) is 5. The van der Waals surface area contributed by atoms with Gasteiger partial charge >= 0.3 is 0 Å². The quantitative estimate of drug-likeness (QED) is 0.249. The van der Waals surface area contributed by atoms with Gasteiger partial charge in [0.1, 0.15) is 5.82 Å². The predicted molar refractivity (Wildman–Crippen MR) is 159 cm³/mol. The van der Waals surface area contributed by atoms with Crippen molar-refractivity contribution in [3.05, 3.63) is 130 Å². The van der Waals surface area contributed by atoms with Gasteiger partial charge in [0.05, 0.1) is 28.8 Å². The van der Waals surface area contributed by atoms with E-state index in [0.29, 0.717) is 28.1 Å². The van der Waals surface area contributed by atoms with Crippen molar-refractivity contribution in [2.45, 2.75) is 19.9 Å². The molecule has 1 atom stereocenters. The van der Waals surface area contributed by atoms with E-state index in [0.717, 1.165) is 39.6 Å². The van der Waals surface area contributed by atoms with Crippen LogP contribution in [-0.2, 0) is 0 Å². The molecule has 0 aliphatic carbocycles. The zero-order chi connectivity index (χ0) is 27.4. The number of benzene rings is 4. The molecule has 2 aliphatic rings. The number of rotatable bonds is 3. The number of aliphatic imine (C=N–C) groups is 2. The minimum atomic E-state index is -0.531. The first-order valence-electron chi connectivity index (χ1n) is 13.0. The van der Waals surface area contributed by atoms with E-state index in [1.165, 1.54) is 6.07 Å². The lowest BCUT2D eigenvalue weighted by molar-refractivity contribution is 0.597. The summed E-state index contributed by atoms with van der Waals surface area (Å²) in [4.78, 5) is 12.2. The van der Waals surface area contributed by atoms with Crippen LogP contribution in [0.25, 0.3) is 5.69 Å². The summed E-state index contributed by atoms with van der Waals surface area (Å²) < 4.78 is 17.5. The number of para-hydroxylation sites is 3. The second-order valence-electron chi connectivity index (χ2n) is 9.84. The highest BCUT2D eigenvalue weighted by Gasteiger charge is 2.42. The summed E-state index contributed by atoms with van der Waals surface area (Å²) in [5.41, 5.74) is 6.34. The van der Waals surface area contributed by atoms with Crippen LogP contribution in [0, 0.1) is 19.7 Å². The van der Waals surface area contributed by atoms with Gasteiger partial charge < -0.3 is 10.2 Å². The number of anilines is 2. The Labute approximate surface area is 236 Å². The van der Waals surface area contributed by atoms with Gasteiger partial charge in [-0.2, -0.15) is 5.10 Å². The van der Waals surface area contributed by atoms with Gasteiger partial charge in [-0.05, 0) is 61.9 Å². The van der Waals surface area contributed by atoms with E-state index in [4.69, 9.17) is 26.7 Å². The Kier molecular flexibility index (Phi) is 5.75. The van der Waals surface area contributed by atoms with Gasteiger partial charge in [0.15, 0.2) is 17.5 Å². The van der Waals surface area contributed by atoms with E-state index in [-0.39, 0.29) is 5.82 Å². The highest BCUT2D eigenvalue weighted by atomic mass is 35.5. The van der Waals surface area contributed by atoms with Crippen LogP contribution in [0.4, 0.5) is 27.3 Å². The van der Waals surface area contributed by atoms with Gasteiger partial charge in [0, 0.05) is 21.8 Å². The molecule has 40 heavy (non-hydrogen) atoms. The summed E-state index contributed by atoms with van der Waals surface area (Å²) in [6.07, 6.45) is 0. The smallest absolute Gasteiger partial charge is 0.179 e. The highest BCUT2D eigenvalue weighted by molar-refractivity contribution is 6.51. The van der Waals surface area contributed by atoms with Crippen LogP contribution < -0.4 is 10.2 Å². The lowest BCUT2D eigenvalue weighted by Gasteiger charge is -2.40. The first-order valence-corrected chi connectivity index (χ1v) is 13.4. The van der Waals surface area contributed by atoms with Crippen LogP contribution in [-0.4, -0.2) is 21.5 Å². The molecule has 1 aromatic heterocycles. The number of aromatic nitrogens is 2. The topological polar surface area (TPSA) is 57.8 Å². The maximum atomic E-state index is 15.6. The minimum Gasteiger partial charge on any atom is -0.337 e. The molecule has 0 bridgehead atoms. The normalized spacial score (nSPS) is 15.5. The molecule has 3 heterocycles. The van der Waals surface area contributed by atoms with Gasteiger partial charge in [-0.3, -0.25) is 0 Å². The summed E-state index contributed by atoms with van der Waals surface area (Å²) in [7, 11) is 0. The van der Waals surface area contributed by atoms with Crippen molar-refractivity contribution in [2.24, 2.45) is 9.98 Å². The van der Waals surface area contributed by atoms with Crippen LogP contribution in [0.2, 0.25) is 5.02 Å². The average Bonchev–Trinajstić information content (AvgIpc) is 3.31. The molecular formula is C32H24ClFN6. The Morgan fingerprint density at radius 3 is 2.40 bits per heavy atom. The van der Waals surface area contributed by atoms with E-state index >= 15 is 4.39 Å². The van der Waals surface area contributed by atoms with E-state index in [2.05, 4.69) is 10.2 Å². The number of aryl methyl sites for hydroxylation is 2. The molecular weight excluding hydrogens is 523 g/mol. The Morgan fingerprint density at radius 2 is 1.60 bits per heavy atom. The molecule has 4 aromatic carbocycles. The Hall–Kier alpha value is -4.75. The SMILES string of the molecule is Cc1ccc(NC2=Nc3ccccc3N3C2=Nc2c(c(C)nn2-c2ccccc2)[C@@H]3c2ccccc2F)cc1Cl. The molecule has 0 spiro atoms. The maximum absolute atomic E-state index is 15.6. The summed E-state index contributed by atoms with van der Waals surface area (Å²) in [6.45, 7) is 3.91. The summed E-state index contributed by atoms with van der Waals surface area (Å²) in [5.74, 6) is 1.43. The largest absolute Gasteiger partial charge is 0.337 e. The molecule has 6 nitrogen and oxygen atoms in total. The third-order valence-electron chi connectivity index (χ3n) is 7.27. The Morgan fingerprint density at radius 1 is 0.850 bits per heavy atom. The fourth-order valence-corrected chi connectivity index (χ4v) is 5.53. The molecule has 0 amide bonds. The molecule has 5 aromatic rings. The number of hydrogen-bond acceptors (Lipinski definition) is 5. The monoisotopic (exact) mass is 546 g/mol. The van der Waals surface area contributed by atoms with Crippen LogP contribution in [0.3, 0.4) is 0 Å². The summed E-state index contributed by atoms with van der Waals surface area (Å²) in [5, 5.41) is 8.98. The Bertz CT molecular complexity index is 1840. The van der Waals surface area contributed by atoms with Crippen molar-refractivity contribution >= 4 is 46.2 Å². The van der Waals surface area contributed by atoms with Gasteiger partial charge in [0.2, 0.25) is 0 Å². The van der Waals surface area contributed by atoms with Crippen molar-refractivity contribution in [3.8, 4) is 5.69 Å². The second-order valence-corrected chi connectivity index (χ2v) is 10.2. The Balaban J connectivity index is 1.50. The molecule has 1 N–H and O–H groups in total. The maximum Gasteiger partial charge on any atom is 0.179 e. The van der Waals surface area contributed by atoms with E-state index in [1.807, 2.05) is 103 Å². The average molecular weight is 547 g/mol. The fraction of sp³-hybridized carbons (Fsp3) is 0.0938. The fourth-order valence-electron chi connectivity index (χ4n) is 5.35. The number of nitrogens with one attached hydrogen (secondary N) is 1. The van der Waals surface area contributed by atoms with E-state index in [1.54, 1.807) is 6.07 Å². The number of hydrogen-bond donors (Lipinski definition) is 1. The van der Waals surface area contributed by atoms with Crippen LogP contribution in [0.15, 0.2) is 107 Å². The van der Waals surface area contributed by atoms with Gasteiger partial charge in [0.25, 0.3) is 0 Å². The van der Waals surface area contributed by atoms with Gasteiger partial charge in [-0.25, -0.2) is 19.1 Å². The van der Waals surface area contributed by atoms with E-state index in [9.17, 15) is 0 Å². The summed E-state index contributed by atoms with van der Waals surface area (Å²) >= 11 is 6.46. The lowest BCUT2D eigenvalue weighted by Crippen LogP contribution is -2.46. The van der Waals surface area contributed by atoms with Crippen molar-refractivity contribution in [1.82, 2.24) is 9.78 Å². The second kappa shape index (κ2) is 9.47. The van der Waals surface area contributed by atoms with E-state index < -0.39 is 6.04 Å². The molecule has 0 fully saturated rings. The first-order chi connectivity index (χ1) is 19.5. The third kappa shape index (κ3) is 3.89. The van der Waals surface area contributed by atoms with Crippen molar-refractivity contribution in [3.63, 3.8) is 0 Å². The van der Waals surface area contributed by atoms with Crippen molar-refractivity contribution in [2.75, 3.05) is 10.2 Å². The van der Waals surface area contributed by atoms with Crippen molar-refractivity contribution in [1.29, 1.82) is 0 Å². The molecule has 0 unspecified atom stereocenters.